The molecular weight excluding hydrogens is 276 g/mol. The highest BCUT2D eigenvalue weighted by Crippen LogP contribution is 2.35. The Hall–Kier alpha value is -2.01. The van der Waals surface area contributed by atoms with Gasteiger partial charge in [0.1, 0.15) is 0 Å². The summed E-state index contributed by atoms with van der Waals surface area (Å²) in [4.78, 5) is 17.1. The smallest absolute Gasteiger partial charge is 0.221 e. The number of fused-ring (bicyclic) bond motifs is 1. The summed E-state index contributed by atoms with van der Waals surface area (Å²) >= 11 is 0. The number of hydrogen-bond acceptors (Lipinski definition) is 3. The molecule has 0 saturated carbocycles. The molecule has 1 fully saturated rings. The fourth-order valence-corrected chi connectivity index (χ4v) is 3.45. The normalized spacial score (nSPS) is 18.9. The topological polar surface area (TPSA) is 88.1 Å². The van der Waals surface area contributed by atoms with Gasteiger partial charge < -0.3 is 21.4 Å². The monoisotopic (exact) mass is 300 g/mol. The molecule has 2 heterocycles. The third kappa shape index (κ3) is 2.57. The Morgan fingerprint density at radius 1 is 1.41 bits per heavy atom. The number of carbonyl (C=O) groups is 1. The fraction of sp³-hybridized carbons (Fsp3) is 0.471. The molecule has 1 aliphatic heterocycles. The van der Waals surface area contributed by atoms with Gasteiger partial charge in [-0.2, -0.15) is 0 Å². The van der Waals surface area contributed by atoms with Crippen LogP contribution in [0.25, 0.3) is 10.9 Å². The van der Waals surface area contributed by atoms with Crippen LogP contribution in [0.1, 0.15) is 29.7 Å². The molecule has 0 unspecified atom stereocenters. The minimum Gasteiger partial charge on any atom is -0.369 e. The summed E-state index contributed by atoms with van der Waals surface area (Å²) < 4.78 is 0. The summed E-state index contributed by atoms with van der Waals surface area (Å²) in [5, 5.41) is 1.20. The number of H-pyrrole nitrogens is 1. The van der Waals surface area contributed by atoms with E-state index in [0.717, 1.165) is 42.7 Å². The molecule has 0 spiro atoms. The molecule has 1 aliphatic rings. The summed E-state index contributed by atoms with van der Waals surface area (Å²) in [5.41, 5.74) is 17.1. The maximum absolute atomic E-state index is 11.3. The largest absolute Gasteiger partial charge is 0.369 e. The Labute approximate surface area is 130 Å². The lowest BCUT2D eigenvalue weighted by Gasteiger charge is -2.33. The summed E-state index contributed by atoms with van der Waals surface area (Å²) in [6.07, 6.45) is 2.47. The quantitative estimate of drug-likeness (QED) is 0.806. The number of aromatic amines is 1. The van der Waals surface area contributed by atoms with Crippen LogP contribution in [0.15, 0.2) is 12.1 Å². The van der Waals surface area contributed by atoms with Crippen LogP contribution >= 0.6 is 0 Å². The van der Waals surface area contributed by atoms with Gasteiger partial charge in [0.2, 0.25) is 5.91 Å². The van der Waals surface area contributed by atoms with E-state index < -0.39 is 0 Å². The van der Waals surface area contributed by atoms with Crippen molar-refractivity contribution in [2.45, 2.75) is 39.2 Å². The number of rotatable bonds is 3. The number of nitrogens with two attached hydrogens (primary N) is 2. The van der Waals surface area contributed by atoms with Crippen molar-refractivity contribution in [2.24, 2.45) is 11.5 Å². The van der Waals surface area contributed by atoms with Crippen LogP contribution in [0, 0.1) is 13.8 Å². The van der Waals surface area contributed by atoms with E-state index >= 15 is 0 Å². The highest BCUT2D eigenvalue weighted by Gasteiger charge is 2.21. The van der Waals surface area contributed by atoms with Gasteiger partial charge >= 0.3 is 0 Å². The number of primary amides is 1. The van der Waals surface area contributed by atoms with Crippen molar-refractivity contribution in [3.63, 3.8) is 0 Å². The Bertz CT molecular complexity index is 719. The number of hydrogen-bond donors (Lipinski definition) is 3. The van der Waals surface area contributed by atoms with Gasteiger partial charge in [-0.1, -0.05) is 6.07 Å². The molecule has 3 rings (SSSR count). The SMILES string of the molecule is Cc1[nH]c2c(CC(N)=O)ccc(N3CCC[C@H](N)C3)c2c1C. The van der Waals surface area contributed by atoms with E-state index in [9.17, 15) is 4.79 Å². The maximum atomic E-state index is 11.3. The average Bonchev–Trinajstić information content (AvgIpc) is 2.76. The first-order chi connectivity index (χ1) is 10.5. The zero-order valence-corrected chi connectivity index (χ0v) is 13.3. The van der Waals surface area contributed by atoms with Gasteiger partial charge in [-0.05, 0) is 43.9 Å². The van der Waals surface area contributed by atoms with E-state index in [1.54, 1.807) is 0 Å². The van der Waals surface area contributed by atoms with Crippen molar-refractivity contribution in [2.75, 3.05) is 18.0 Å². The zero-order valence-electron chi connectivity index (χ0n) is 13.3. The molecule has 1 saturated heterocycles. The van der Waals surface area contributed by atoms with E-state index in [2.05, 4.69) is 29.8 Å². The lowest BCUT2D eigenvalue weighted by Crippen LogP contribution is -2.42. The highest BCUT2D eigenvalue weighted by atomic mass is 16.1. The number of amides is 1. The van der Waals surface area contributed by atoms with Crippen molar-refractivity contribution in [3.8, 4) is 0 Å². The number of nitrogens with zero attached hydrogens (tertiary/aromatic N) is 1. The van der Waals surface area contributed by atoms with Crippen LogP contribution in [-0.2, 0) is 11.2 Å². The summed E-state index contributed by atoms with van der Waals surface area (Å²) in [6.45, 7) is 6.10. The predicted octanol–water partition coefficient (Wildman–Crippen LogP) is 1.74. The first-order valence-electron chi connectivity index (χ1n) is 7.87. The molecule has 5 N–H and O–H groups in total. The van der Waals surface area contributed by atoms with Gasteiger partial charge in [0.05, 0.1) is 11.9 Å². The van der Waals surface area contributed by atoms with Gasteiger partial charge in [-0.3, -0.25) is 4.79 Å². The van der Waals surface area contributed by atoms with Crippen LogP contribution < -0.4 is 16.4 Å². The molecule has 1 aromatic carbocycles. The van der Waals surface area contributed by atoms with Crippen molar-refractivity contribution < 1.29 is 4.79 Å². The standard InChI is InChI=1S/C17H24N4O/c1-10-11(2)20-17-12(8-15(19)22)5-6-14(16(10)17)21-7-3-4-13(18)9-21/h5-6,13,20H,3-4,7-9,18H2,1-2H3,(H2,19,22)/t13-/m0/s1. The molecule has 22 heavy (non-hydrogen) atoms. The van der Waals surface area contributed by atoms with Crippen LogP contribution in [0.5, 0.6) is 0 Å². The Morgan fingerprint density at radius 2 is 2.18 bits per heavy atom. The van der Waals surface area contributed by atoms with Crippen molar-refractivity contribution >= 4 is 22.5 Å². The van der Waals surface area contributed by atoms with Crippen LogP contribution in [-0.4, -0.2) is 30.0 Å². The number of piperidine rings is 1. The summed E-state index contributed by atoms with van der Waals surface area (Å²) in [5.74, 6) is -0.307. The second kappa shape index (κ2) is 5.65. The van der Waals surface area contributed by atoms with Gasteiger partial charge in [-0.15, -0.1) is 0 Å². The second-order valence-electron chi connectivity index (χ2n) is 6.36. The van der Waals surface area contributed by atoms with Gasteiger partial charge in [0, 0.05) is 35.9 Å². The highest BCUT2D eigenvalue weighted by molar-refractivity contribution is 5.99. The number of aromatic nitrogens is 1. The molecule has 2 aromatic rings. The molecule has 0 radical (unpaired) electrons. The number of carbonyl (C=O) groups excluding carboxylic acids is 1. The molecule has 1 aromatic heterocycles. The number of aryl methyl sites for hydroxylation is 2. The Morgan fingerprint density at radius 3 is 2.86 bits per heavy atom. The molecular formula is C17H24N4O. The molecule has 118 valence electrons. The zero-order chi connectivity index (χ0) is 15.9. The van der Waals surface area contributed by atoms with Crippen molar-refractivity contribution in [1.82, 2.24) is 4.98 Å². The first-order valence-corrected chi connectivity index (χ1v) is 7.87. The lowest BCUT2D eigenvalue weighted by molar-refractivity contribution is -0.117. The number of anilines is 1. The van der Waals surface area contributed by atoms with Crippen LogP contribution in [0.3, 0.4) is 0 Å². The number of nitrogens with one attached hydrogen (secondary N) is 1. The van der Waals surface area contributed by atoms with Crippen molar-refractivity contribution in [1.29, 1.82) is 0 Å². The molecule has 1 atom stereocenters. The summed E-state index contributed by atoms with van der Waals surface area (Å²) in [6, 6.07) is 4.35. The second-order valence-corrected chi connectivity index (χ2v) is 6.36. The number of benzene rings is 1. The third-order valence-corrected chi connectivity index (χ3v) is 4.68. The molecule has 5 nitrogen and oxygen atoms in total. The first kappa shape index (κ1) is 14.9. The Kier molecular flexibility index (Phi) is 3.83. The third-order valence-electron chi connectivity index (χ3n) is 4.68. The van der Waals surface area contributed by atoms with Gasteiger partial charge in [0.15, 0.2) is 0 Å². The van der Waals surface area contributed by atoms with E-state index in [1.165, 1.54) is 16.6 Å². The van der Waals surface area contributed by atoms with E-state index in [0.29, 0.717) is 0 Å². The van der Waals surface area contributed by atoms with Crippen LogP contribution in [0.4, 0.5) is 5.69 Å². The average molecular weight is 300 g/mol. The molecule has 0 bridgehead atoms. The molecule has 5 heteroatoms. The minimum absolute atomic E-state index is 0.231. The van der Waals surface area contributed by atoms with E-state index in [1.807, 2.05) is 6.07 Å². The van der Waals surface area contributed by atoms with E-state index in [-0.39, 0.29) is 18.4 Å². The summed E-state index contributed by atoms with van der Waals surface area (Å²) in [7, 11) is 0. The van der Waals surface area contributed by atoms with Gasteiger partial charge in [0.25, 0.3) is 0 Å². The van der Waals surface area contributed by atoms with Crippen molar-refractivity contribution in [3.05, 3.63) is 29.0 Å². The lowest BCUT2D eigenvalue weighted by atomic mass is 10.0. The Balaban J connectivity index is 2.13. The fourth-order valence-electron chi connectivity index (χ4n) is 3.45. The predicted molar refractivity (Wildman–Crippen MR) is 90.1 cm³/mol. The molecule has 1 amide bonds. The van der Waals surface area contributed by atoms with Gasteiger partial charge in [-0.25, -0.2) is 0 Å². The minimum atomic E-state index is -0.307. The molecule has 0 aliphatic carbocycles. The van der Waals surface area contributed by atoms with Crippen LogP contribution in [0.2, 0.25) is 0 Å². The maximum Gasteiger partial charge on any atom is 0.221 e. The van der Waals surface area contributed by atoms with E-state index in [4.69, 9.17) is 11.5 Å².